The Labute approximate surface area is 98.4 Å². The van der Waals surface area contributed by atoms with Crippen molar-refractivity contribution in [3.05, 3.63) is 17.5 Å². The highest BCUT2D eigenvalue weighted by Gasteiger charge is 2.40. The smallest absolute Gasteiger partial charge is 0.305 e. The normalized spacial score (nSPS) is 17.2. The van der Waals surface area contributed by atoms with Gasteiger partial charge in [0.25, 0.3) is 5.91 Å². The van der Waals surface area contributed by atoms with Crippen molar-refractivity contribution < 1.29 is 14.7 Å². The van der Waals surface area contributed by atoms with Crippen LogP contribution in [0.1, 0.15) is 41.9 Å². The summed E-state index contributed by atoms with van der Waals surface area (Å²) in [5.41, 5.74) is 0.533. The third kappa shape index (κ3) is 2.46. The quantitative estimate of drug-likeness (QED) is 0.723. The zero-order valence-corrected chi connectivity index (χ0v) is 9.62. The number of amides is 1. The SMILES string of the molecule is Cc1cc(C(=O)NC2(CC(=O)O)CCC2)n[nH]1. The molecular weight excluding hydrogens is 222 g/mol. The Morgan fingerprint density at radius 3 is 2.71 bits per heavy atom. The van der Waals surface area contributed by atoms with E-state index < -0.39 is 11.5 Å². The molecular formula is C11H15N3O3. The van der Waals surface area contributed by atoms with E-state index in [1.807, 2.05) is 0 Å². The van der Waals surface area contributed by atoms with Gasteiger partial charge < -0.3 is 10.4 Å². The van der Waals surface area contributed by atoms with E-state index in [2.05, 4.69) is 15.5 Å². The van der Waals surface area contributed by atoms with Crippen LogP contribution >= 0.6 is 0 Å². The van der Waals surface area contributed by atoms with Gasteiger partial charge in [-0.25, -0.2) is 0 Å². The molecule has 0 atom stereocenters. The third-order valence-corrected chi connectivity index (χ3v) is 3.12. The second-order valence-corrected chi connectivity index (χ2v) is 4.59. The molecule has 0 bridgehead atoms. The molecule has 1 amide bonds. The molecule has 1 aromatic heterocycles. The highest BCUT2D eigenvalue weighted by Crippen LogP contribution is 2.35. The van der Waals surface area contributed by atoms with Crippen molar-refractivity contribution >= 4 is 11.9 Å². The van der Waals surface area contributed by atoms with E-state index in [9.17, 15) is 9.59 Å². The van der Waals surface area contributed by atoms with Crippen molar-refractivity contribution in [3.63, 3.8) is 0 Å². The average molecular weight is 237 g/mol. The van der Waals surface area contributed by atoms with Gasteiger partial charge in [0, 0.05) is 5.69 Å². The van der Waals surface area contributed by atoms with E-state index in [0.717, 1.165) is 12.1 Å². The zero-order chi connectivity index (χ0) is 12.5. The second kappa shape index (κ2) is 4.20. The fraction of sp³-hybridized carbons (Fsp3) is 0.545. The fourth-order valence-electron chi connectivity index (χ4n) is 2.08. The van der Waals surface area contributed by atoms with Gasteiger partial charge in [0.15, 0.2) is 0 Å². The minimum atomic E-state index is -0.886. The molecule has 17 heavy (non-hydrogen) atoms. The largest absolute Gasteiger partial charge is 0.481 e. The molecule has 1 fully saturated rings. The molecule has 92 valence electrons. The molecule has 1 saturated carbocycles. The summed E-state index contributed by atoms with van der Waals surface area (Å²) in [5, 5.41) is 18.2. The van der Waals surface area contributed by atoms with E-state index in [4.69, 9.17) is 5.11 Å². The lowest BCUT2D eigenvalue weighted by atomic mass is 9.74. The molecule has 0 aromatic carbocycles. The van der Waals surface area contributed by atoms with Crippen LogP contribution in [0.2, 0.25) is 0 Å². The van der Waals surface area contributed by atoms with Gasteiger partial charge in [-0.3, -0.25) is 14.7 Å². The van der Waals surface area contributed by atoms with E-state index in [1.165, 1.54) is 0 Å². The molecule has 0 aliphatic heterocycles. The standard InChI is InChI=1S/C11H15N3O3/c1-7-5-8(14-13-7)10(17)12-11(3-2-4-11)6-9(15)16/h5H,2-4,6H2,1H3,(H,12,17)(H,13,14)(H,15,16). The number of aryl methyl sites for hydroxylation is 1. The Bertz CT molecular complexity index is 449. The summed E-state index contributed by atoms with van der Waals surface area (Å²) in [4.78, 5) is 22.6. The molecule has 1 heterocycles. The predicted molar refractivity (Wildman–Crippen MR) is 59.6 cm³/mol. The Balaban J connectivity index is 2.04. The topological polar surface area (TPSA) is 95.1 Å². The Morgan fingerprint density at radius 2 is 2.29 bits per heavy atom. The minimum absolute atomic E-state index is 0.0256. The number of rotatable bonds is 4. The predicted octanol–water partition coefficient (Wildman–Crippen LogP) is 0.845. The van der Waals surface area contributed by atoms with Crippen LogP contribution < -0.4 is 5.32 Å². The lowest BCUT2D eigenvalue weighted by Gasteiger charge is -2.41. The highest BCUT2D eigenvalue weighted by molar-refractivity contribution is 5.93. The van der Waals surface area contributed by atoms with Crippen LogP contribution in [-0.2, 0) is 4.79 Å². The van der Waals surface area contributed by atoms with Crippen LogP contribution in [0, 0.1) is 6.92 Å². The molecule has 2 rings (SSSR count). The zero-order valence-electron chi connectivity index (χ0n) is 9.62. The first-order valence-corrected chi connectivity index (χ1v) is 5.57. The van der Waals surface area contributed by atoms with Crippen LogP contribution in [0.15, 0.2) is 6.07 Å². The summed E-state index contributed by atoms with van der Waals surface area (Å²) < 4.78 is 0. The number of hydrogen-bond donors (Lipinski definition) is 3. The van der Waals surface area contributed by atoms with Crippen molar-refractivity contribution in [1.29, 1.82) is 0 Å². The highest BCUT2D eigenvalue weighted by atomic mass is 16.4. The number of carbonyl (C=O) groups excluding carboxylic acids is 1. The van der Waals surface area contributed by atoms with E-state index >= 15 is 0 Å². The molecule has 1 aliphatic carbocycles. The Hall–Kier alpha value is -1.85. The van der Waals surface area contributed by atoms with Crippen LogP contribution in [0.25, 0.3) is 0 Å². The van der Waals surface area contributed by atoms with Crippen LogP contribution in [0.5, 0.6) is 0 Å². The number of nitrogens with zero attached hydrogens (tertiary/aromatic N) is 1. The van der Waals surface area contributed by atoms with E-state index in [1.54, 1.807) is 13.0 Å². The van der Waals surface area contributed by atoms with Gasteiger partial charge in [-0.15, -0.1) is 0 Å². The molecule has 1 aliphatic rings. The van der Waals surface area contributed by atoms with Gasteiger partial charge in [-0.1, -0.05) is 0 Å². The van der Waals surface area contributed by atoms with E-state index in [-0.39, 0.29) is 12.3 Å². The maximum Gasteiger partial charge on any atom is 0.305 e. The maximum absolute atomic E-state index is 11.9. The molecule has 6 nitrogen and oxygen atoms in total. The fourth-order valence-corrected chi connectivity index (χ4v) is 2.08. The first-order valence-electron chi connectivity index (χ1n) is 5.57. The summed E-state index contributed by atoms with van der Waals surface area (Å²) in [6.45, 7) is 1.81. The van der Waals surface area contributed by atoms with Gasteiger partial charge in [-0.2, -0.15) is 5.10 Å². The lowest BCUT2D eigenvalue weighted by Crippen LogP contribution is -2.54. The maximum atomic E-state index is 11.9. The Kier molecular flexibility index (Phi) is 2.87. The van der Waals surface area contributed by atoms with Crippen LogP contribution in [0.3, 0.4) is 0 Å². The van der Waals surface area contributed by atoms with Crippen molar-refractivity contribution in [3.8, 4) is 0 Å². The third-order valence-electron chi connectivity index (χ3n) is 3.12. The number of aromatic amines is 1. The van der Waals surface area contributed by atoms with Crippen molar-refractivity contribution in [1.82, 2.24) is 15.5 Å². The lowest BCUT2D eigenvalue weighted by molar-refractivity contribution is -0.139. The number of carboxylic acids is 1. The van der Waals surface area contributed by atoms with Gasteiger partial charge in [0.2, 0.25) is 0 Å². The molecule has 0 saturated heterocycles. The summed E-state index contributed by atoms with van der Waals surface area (Å²) in [5.74, 6) is -1.20. The molecule has 1 aromatic rings. The molecule has 0 radical (unpaired) electrons. The van der Waals surface area contributed by atoms with Gasteiger partial charge in [0.05, 0.1) is 12.0 Å². The molecule has 3 N–H and O–H groups in total. The van der Waals surface area contributed by atoms with Crippen LogP contribution in [-0.4, -0.2) is 32.7 Å². The number of aromatic nitrogens is 2. The van der Waals surface area contributed by atoms with E-state index in [0.29, 0.717) is 18.5 Å². The summed E-state index contributed by atoms with van der Waals surface area (Å²) in [6, 6.07) is 1.64. The summed E-state index contributed by atoms with van der Waals surface area (Å²) >= 11 is 0. The first kappa shape index (κ1) is 11.6. The van der Waals surface area contributed by atoms with Gasteiger partial charge >= 0.3 is 5.97 Å². The summed E-state index contributed by atoms with van der Waals surface area (Å²) in [7, 11) is 0. The number of hydrogen-bond acceptors (Lipinski definition) is 3. The average Bonchev–Trinajstić information content (AvgIpc) is 2.60. The van der Waals surface area contributed by atoms with Crippen LogP contribution in [0.4, 0.5) is 0 Å². The van der Waals surface area contributed by atoms with Gasteiger partial charge in [0.1, 0.15) is 5.69 Å². The number of carboxylic acid groups (broad SMARTS) is 1. The second-order valence-electron chi connectivity index (χ2n) is 4.59. The number of aliphatic carboxylic acids is 1. The minimum Gasteiger partial charge on any atom is -0.481 e. The monoisotopic (exact) mass is 237 g/mol. The van der Waals surface area contributed by atoms with Gasteiger partial charge in [-0.05, 0) is 32.3 Å². The molecule has 0 unspecified atom stereocenters. The summed E-state index contributed by atoms with van der Waals surface area (Å²) in [6.07, 6.45) is 2.36. The molecule has 0 spiro atoms. The van der Waals surface area contributed by atoms with Crippen molar-refractivity contribution in [2.24, 2.45) is 0 Å². The van der Waals surface area contributed by atoms with Crippen molar-refractivity contribution in [2.75, 3.05) is 0 Å². The number of carbonyl (C=O) groups is 2. The molecule has 6 heteroatoms. The Morgan fingerprint density at radius 1 is 1.59 bits per heavy atom. The number of H-pyrrole nitrogens is 1. The first-order chi connectivity index (χ1) is 8.01. The number of nitrogens with one attached hydrogen (secondary N) is 2. The van der Waals surface area contributed by atoms with Crippen molar-refractivity contribution in [2.45, 2.75) is 38.1 Å².